The summed E-state index contributed by atoms with van der Waals surface area (Å²) < 4.78 is 1.74. The molecule has 4 nitrogen and oxygen atoms in total. The number of imidazole rings is 1. The topological polar surface area (TPSA) is 65.4 Å². The van der Waals surface area contributed by atoms with Crippen LogP contribution >= 0.6 is 12.6 Å². The lowest BCUT2D eigenvalue weighted by atomic mass is 9.82. The lowest BCUT2D eigenvalue weighted by Gasteiger charge is -2.29. The lowest BCUT2D eigenvalue weighted by Crippen LogP contribution is -2.27. The molecule has 0 aliphatic heterocycles. The van der Waals surface area contributed by atoms with Crippen LogP contribution < -0.4 is 0 Å². The number of rotatable bonds is 3. The first-order valence-corrected chi connectivity index (χ1v) is 6.03. The summed E-state index contributed by atoms with van der Waals surface area (Å²) in [5, 5.41) is 17.8. The van der Waals surface area contributed by atoms with E-state index in [9.17, 15) is 0 Å². The first-order valence-electron chi connectivity index (χ1n) is 5.40. The van der Waals surface area contributed by atoms with Crippen molar-refractivity contribution in [2.75, 3.05) is 5.75 Å². The van der Waals surface area contributed by atoms with Crippen LogP contribution in [0.5, 0.6) is 0 Å². The number of nitriles is 2. The molecule has 0 amide bonds. The molecule has 0 aliphatic carbocycles. The second-order valence-electron chi connectivity index (χ2n) is 5.06. The van der Waals surface area contributed by atoms with Crippen LogP contribution in [0.3, 0.4) is 0 Å². The van der Waals surface area contributed by atoms with Gasteiger partial charge in [-0.15, -0.1) is 0 Å². The van der Waals surface area contributed by atoms with Gasteiger partial charge in [-0.3, -0.25) is 0 Å². The molecule has 1 unspecified atom stereocenters. The first kappa shape index (κ1) is 13.6. The summed E-state index contributed by atoms with van der Waals surface area (Å²) in [5.74, 6) is 1.05. The van der Waals surface area contributed by atoms with Gasteiger partial charge in [-0.1, -0.05) is 20.8 Å². The van der Waals surface area contributed by atoms with Crippen LogP contribution in [0.25, 0.3) is 0 Å². The lowest BCUT2D eigenvalue weighted by molar-refractivity contribution is 0.238. The van der Waals surface area contributed by atoms with E-state index >= 15 is 0 Å². The molecular weight excluding hydrogens is 232 g/mol. The van der Waals surface area contributed by atoms with Crippen molar-refractivity contribution >= 4 is 12.6 Å². The number of hydrogen-bond donors (Lipinski definition) is 1. The van der Waals surface area contributed by atoms with E-state index in [1.54, 1.807) is 10.9 Å². The van der Waals surface area contributed by atoms with E-state index in [4.69, 9.17) is 10.5 Å². The van der Waals surface area contributed by atoms with Crippen molar-refractivity contribution < 1.29 is 0 Å². The zero-order valence-electron chi connectivity index (χ0n) is 10.3. The largest absolute Gasteiger partial charge is 0.321 e. The molecule has 0 spiro atoms. The first-order chi connectivity index (χ1) is 7.93. The van der Waals surface area contributed by atoms with Crippen molar-refractivity contribution in [2.45, 2.75) is 27.3 Å². The van der Waals surface area contributed by atoms with Crippen molar-refractivity contribution in [3.05, 3.63) is 17.7 Å². The van der Waals surface area contributed by atoms with Crippen molar-refractivity contribution in [3.8, 4) is 12.1 Å². The van der Waals surface area contributed by atoms with Crippen LogP contribution in [-0.4, -0.2) is 15.3 Å². The molecule has 0 saturated heterocycles. The Morgan fingerprint density at radius 2 is 2.06 bits per heavy atom. The van der Waals surface area contributed by atoms with E-state index in [1.807, 2.05) is 12.1 Å². The molecule has 0 saturated carbocycles. The predicted molar refractivity (Wildman–Crippen MR) is 68.5 cm³/mol. The highest BCUT2D eigenvalue weighted by Crippen LogP contribution is 2.28. The second-order valence-corrected chi connectivity index (χ2v) is 5.43. The van der Waals surface area contributed by atoms with Gasteiger partial charge in [-0.25, -0.2) is 4.98 Å². The highest BCUT2D eigenvalue weighted by molar-refractivity contribution is 7.80. The Morgan fingerprint density at radius 1 is 1.41 bits per heavy atom. The predicted octanol–water partition coefficient (Wildman–Crippen LogP) is 2.22. The van der Waals surface area contributed by atoms with Crippen LogP contribution in [0.2, 0.25) is 0 Å². The molecule has 1 atom stereocenters. The minimum atomic E-state index is 0.103. The molecule has 0 aromatic carbocycles. The highest BCUT2D eigenvalue weighted by Gasteiger charge is 2.25. The summed E-state index contributed by atoms with van der Waals surface area (Å²) in [6.07, 6.45) is 1.55. The Bertz CT molecular complexity index is 470. The average Bonchev–Trinajstić information content (AvgIpc) is 2.65. The average molecular weight is 248 g/mol. The molecule has 0 N–H and O–H groups in total. The number of thiol groups is 1. The fourth-order valence-corrected chi connectivity index (χ4v) is 2.23. The van der Waals surface area contributed by atoms with Crippen LogP contribution in [0.4, 0.5) is 0 Å². The molecule has 0 aliphatic rings. The maximum atomic E-state index is 9.03. The normalized spacial score (nSPS) is 12.8. The smallest absolute Gasteiger partial charge is 0.176 e. The summed E-state index contributed by atoms with van der Waals surface area (Å²) in [6.45, 7) is 7.08. The maximum Gasteiger partial charge on any atom is 0.176 e. The summed E-state index contributed by atoms with van der Waals surface area (Å²) >= 11 is 4.35. The Kier molecular flexibility index (Phi) is 4.20. The molecule has 1 aromatic rings. The molecule has 17 heavy (non-hydrogen) atoms. The van der Waals surface area contributed by atoms with Crippen LogP contribution in [-0.2, 0) is 6.54 Å². The molecular formula is C12H16N4S. The number of nitrogens with zero attached hydrogens (tertiary/aromatic N) is 4. The van der Waals surface area contributed by atoms with E-state index in [-0.39, 0.29) is 11.1 Å². The van der Waals surface area contributed by atoms with Gasteiger partial charge in [0.25, 0.3) is 0 Å². The zero-order chi connectivity index (χ0) is 13.1. The Hall–Kier alpha value is -1.46. The fourth-order valence-electron chi connectivity index (χ4n) is 1.56. The minimum Gasteiger partial charge on any atom is -0.321 e. The van der Waals surface area contributed by atoms with Crippen LogP contribution in [0.15, 0.2) is 6.33 Å². The van der Waals surface area contributed by atoms with Crippen LogP contribution in [0.1, 0.15) is 32.2 Å². The molecule has 1 heterocycles. The maximum absolute atomic E-state index is 9.03. The van der Waals surface area contributed by atoms with E-state index in [2.05, 4.69) is 38.4 Å². The number of aromatic nitrogens is 2. The number of hydrogen-bond acceptors (Lipinski definition) is 4. The molecule has 5 heteroatoms. The quantitative estimate of drug-likeness (QED) is 0.834. The third-order valence-corrected chi connectivity index (χ3v) is 3.35. The molecule has 1 rings (SSSR count). The van der Waals surface area contributed by atoms with E-state index in [1.165, 1.54) is 0 Å². The Labute approximate surface area is 107 Å². The van der Waals surface area contributed by atoms with Gasteiger partial charge in [0.15, 0.2) is 11.4 Å². The Balaban J connectivity index is 3.01. The van der Waals surface area contributed by atoms with Gasteiger partial charge in [0.05, 0.1) is 6.33 Å². The summed E-state index contributed by atoms with van der Waals surface area (Å²) in [6, 6.07) is 3.95. The van der Waals surface area contributed by atoms with Gasteiger partial charge in [0.1, 0.15) is 12.1 Å². The SMILES string of the molecule is CC(C)(C)C(CS)Cn1cnc(C#N)c1C#N. The van der Waals surface area contributed by atoms with Gasteiger partial charge < -0.3 is 4.57 Å². The monoisotopic (exact) mass is 248 g/mol. The second kappa shape index (κ2) is 5.25. The molecule has 0 bridgehead atoms. The highest BCUT2D eigenvalue weighted by atomic mass is 32.1. The molecule has 0 fully saturated rings. The zero-order valence-corrected chi connectivity index (χ0v) is 11.2. The van der Waals surface area contributed by atoms with Crippen molar-refractivity contribution in [1.82, 2.24) is 9.55 Å². The van der Waals surface area contributed by atoms with Crippen molar-refractivity contribution in [2.24, 2.45) is 11.3 Å². The van der Waals surface area contributed by atoms with Crippen molar-refractivity contribution in [1.29, 1.82) is 10.5 Å². The van der Waals surface area contributed by atoms with E-state index < -0.39 is 0 Å². The molecule has 0 radical (unpaired) electrons. The van der Waals surface area contributed by atoms with E-state index in [0.29, 0.717) is 18.2 Å². The summed E-state index contributed by atoms with van der Waals surface area (Å²) in [4.78, 5) is 3.93. The fraction of sp³-hybridized carbons (Fsp3) is 0.583. The third-order valence-electron chi connectivity index (χ3n) is 2.91. The van der Waals surface area contributed by atoms with Gasteiger partial charge in [0, 0.05) is 6.54 Å². The van der Waals surface area contributed by atoms with Gasteiger partial charge in [0.2, 0.25) is 0 Å². The van der Waals surface area contributed by atoms with Crippen molar-refractivity contribution in [3.63, 3.8) is 0 Å². The standard InChI is InChI=1S/C12H16N4S/c1-12(2,3)9(7-17)6-16-8-15-10(4-13)11(16)5-14/h8-9,17H,6-7H2,1-3H3. The Morgan fingerprint density at radius 3 is 2.47 bits per heavy atom. The van der Waals surface area contributed by atoms with Gasteiger partial charge in [-0.2, -0.15) is 23.2 Å². The molecule has 1 aromatic heterocycles. The minimum absolute atomic E-state index is 0.103. The summed E-state index contributed by atoms with van der Waals surface area (Å²) in [5.41, 5.74) is 0.633. The third kappa shape index (κ3) is 3.01. The van der Waals surface area contributed by atoms with Gasteiger partial charge >= 0.3 is 0 Å². The van der Waals surface area contributed by atoms with Gasteiger partial charge in [-0.05, 0) is 17.1 Å². The van der Waals surface area contributed by atoms with Crippen LogP contribution in [0, 0.1) is 34.0 Å². The molecule has 90 valence electrons. The summed E-state index contributed by atoms with van der Waals surface area (Å²) in [7, 11) is 0. The van der Waals surface area contributed by atoms with E-state index in [0.717, 1.165) is 5.75 Å².